The molecule has 0 spiro atoms. The number of carbonyl (C=O) groups is 8. The van der Waals surface area contributed by atoms with E-state index in [9.17, 15) is 38.4 Å². The molecule has 56 heavy (non-hydrogen) atoms. The molecule has 7 amide bonds. The van der Waals surface area contributed by atoms with Crippen molar-refractivity contribution in [2.24, 2.45) is 29.0 Å². The second-order valence-electron chi connectivity index (χ2n) is 14.7. The fourth-order valence-electron chi connectivity index (χ4n) is 5.74. The van der Waals surface area contributed by atoms with Gasteiger partial charge >= 0.3 is 5.97 Å². The molecule has 0 fully saturated rings. The fraction of sp³-hybridized carbons (Fsp3) is 0.632. The number of rotatable bonds is 26. The van der Waals surface area contributed by atoms with Crippen molar-refractivity contribution >= 4 is 47.3 Å². The highest BCUT2D eigenvalue weighted by atomic mass is 16.4. The third-order valence-electron chi connectivity index (χ3n) is 8.98. The number of benzene rings is 1. The summed E-state index contributed by atoms with van der Waals surface area (Å²) >= 11 is 0. The van der Waals surface area contributed by atoms with E-state index in [1.54, 1.807) is 44.2 Å². The molecule has 6 atom stereocenters. The third-order valence-corrected chi connectivity index (χ3v) is 8.98. The predicted octanol–water partition coefficient (Wildman–Crippen LogP) is -0.970. The van der Waals surface area contributed by atoms with E-state index in [0.29, 0.717) is 37.8 Å². The lowest BCUT2D eigenvalue weighted by Crippen LogP contribution is -2.59. The van der Waals surface area contributed by atoms with Crippen molar-refractivity contribution in [2.45, 2.75) is 122 Å². The van der Waals surface area contributed by atoms with Crippen LogP contribution in [0, 0.1) is 11.8 Å². The van der Waals surface area contributed by atoms with Gasteiger partial charge in [-0.3, -0.25) is 38.4 Å². The molecule has 1 aromatic carbocycles. The molecule has 0 bridgehead atoms. The predicted molar refractivity (Wildman–Crippen MR) is 209 cm³/mol. The molecule has 0 unspecified atom stereocenters. The van der Waals surface area contributed by atoms with Crippen LogP contribution in [0.25, 0.3) is 0 Å². The molecule has 18 nitrogen and oxygen atoms in total. The zero-order chi connectivity index (χ0) is 42.5. The van der Waals surface area contributed by atoms with Crippen LogP contribution in [0.2, 0.25) is 0 Å². The highest BCUT2D eigenvalue weighted by molar-refractivity contribution is 5.96. The lowest BCUT2D eigenvalue weighted by atomic mass is 10.00. The van der Waals surface area contributed by atoms with Crippen LogP contribution in [-0.4, -0.2) is 114 Å². The summed E-state index contributed by atoms with van der Waals surface area (Å²) in [5, 5.41) is 22.1. The summed E-state index contributed by atoms with van der Waals surface area (Å²) in [6, 6.07) is 1.91. The molecule has 0 aromatic heterocycles. The first-order valence-corrected chi connectivity index (χ1v) is 19.1. The van der Waals surface area contributed by atoms with E-state index >= 15 is 0 Å². The van der Waals surface area contributed by atoms with E-state index in [4.69, 9.17) is 22.3 Å². The number of primary amides is 1. The highest BCUT2D eigenvalue weighted by Gasteiger charge is 2.34. The molecule has 18 heteroatoms. The summed E-state index contributed by atoms with van der Waals surface area (Å²) < 4.78 is 0. The first kappa shape index (κ1) is 48.9. The van der Waals surface area contributed by atoms with Gasteiger partial charge in [0.05, 0.1) is 19.0 Å². The number of hydrogen-bond donors (Lipinski definition) is 9. The number of unbranched alkanes of at least 4 members (excludes halogenated alkanes) is 1. The second kappa shape index (κ2) is 25.1. The van der Waals surface area contributed by atoms with Crippen LogP contribution in [0.15, 0.2) is 30.3 Å². The number of carbonyl (C=O) groups excluding carboxylic acids is 7. The summed E-state index contributed by atoms with van der Waals surface area (Å²) in [5.41, 5.74) is 17.5. The molecule has 0 heterocycles. The number of nitrogens with two attached hydrogens (primary N) is 3. The van der Waals surface area contributed by atoms with E-state index in [2.05, 4.69) is 26.6 Å². The van der Waals surface area contributed by atoms with Crippen molar-refractivity contribution < 1.29 is 43.5 Å². The number of carboxylic acids is 1. The Morgan fingerprint density at radius 3 is 1.89 bits per heavy atom. The molecule has 0 radical (unpaired) electrons. The van der Waals surface area contributed by atoms with Crippen LogP contribution in [0.3, 0.4) is 0 Å². The maximum Gasteiger partial charge on any atom is 0.305 e. The molecule has 1 aromatic rings. The van der Waals surface area contributed by atoms with Crippen molar-refractivity contribution in [2.75, 3.05) is 20.1 Å². The van der Waals surface area contributed by atoms with Gasteiger partial charge < -0.3 is 53.8 Å². The third kappa shape index (κ3) is 17.6. The summed E-state index contributed by atoms with van der Waals surface area (Å²) in [6.45, 7) is 8.76. The average Bonchev–Trinajstić information content (AvgIpc) is 3.13. The number of carboxylic acid groups (broad SMARTS) is 1. The van der Waals surface area contributed by atoms with Crippen LogP contribution < -0.4 is 43.8 Å². The first-order valence-electron chi connectivity index (χ1n) is 19.1. The standard InChI is InChI=1S/C38H63N9O9/c1-7-13-26(33(41)51)43-37(55)29(18-22(2)3)47(6)30(48)21-42-38(56)32(23(4)5)46-36(54)28(19-24-14-9-8-10-15-24)45-35(53)27(16-11-12-17-39)44-34(52)25(40)20-31(49)50/h8-10,14-15,22-23,25-29,32H,7,11-13,16-21,39-40H2,1-6H3,(H2,41,51)(H,42,56)(H,43,55)(H,44,52)(H,45,53)(H,46,54)(H,49,50)/t25-,26-,27-,28-,29-,32-/m0/s1. The van der Waals surface area contributed by atoms with E-state index < -0.39 is 102 Å². The van der Waals surface area contributed by atoms with Crippen molar-refractivity contribution in [3.63, 3.8) is 0 Å². The Kier molecular flexibility index (Phi) is 22.0. The Bertz CT molecular complexity index is 1480. The van der Waals surface area contributed by atoms with Gasteiger partial charge in [-0.15, -0.1) is 0 Å². The summed E-state index contributed by atoms with van der Waals surface area (Å²) in [6.07, 6.45) is 1.61. The van der Waals surface area contributed by atoms with Gasteiger partial charge in [0.1, 0.15) is 30.2 Å². The van der Waals surface area contributed by atoms with Crippen LogP contribution in [0.5, 0.6) is 0 Å². The van der Waals surface area contributed by atoms with Gasteiger partial charge in [0.2, 0.25) is 41.4 Å². The van der Waals surface area contributed by atoms with Gasteiger partial charge in [-0.05, 0) is 56.0 Å². The zero-order valence-electron chi connectivity index (χ0n) is 33.5. The molecule has 314 valence electrons. The monoisotopic (exact) mass is 789 g/mol. The largest absolute Gasteiger partial charge is 0.481 e. The number of amides is 7. The summed E-state index contributed by atoms with van der Waals surface area (Å²) in [4.78, 5) is 105. The van der Waals surface area contributed by atoms with Crippen LogP contribution in [-0.2, 0) is 44.8 Å². The zero-order valence-corrected chi connectivity index (χ0v) is 33.5. The maximum atomic E-state index is 13.9. The SMILES string of the molecule is CCC[C@H](NC(=O)[C@H](CC(C)C)N(C)C(=O)CNC(=O)[C@@H](NC(=O)[C@H](Cc1ccccc1)NC(=O)[C@H](CCCCN)NC(=O)[C@@H](N)CC(=O)O)C(C)C)C(N)=O. The molecule has 12 N–H and O–H groups in total. The van der Waals surface area contributed by atoms with Crippen LogP contribution in [0.1, 0.15) is 85.1 Å². The van der Waals surface area contributed by atoms with Gasteiger partial charge in [0.25, 0.3) is 0 Å². The molecule has 0 saturated heterocycles. The van der Waals surface area contributed by atoms with Crippen molar-refractivity contribution in [3.05, 3.63) is 35.9 Å². The Hall–Kier alpha value is -5.10. The highest BCUT2D eigenvalue weighted by Crippen LogP contribution is 2.13. The first-order chi connectivity index (χ1) is 26.3. The number of nitrogens with zero attached hydrogens (tertiary/aromatic N) is 1. The Morgan fingerprint density at radius 1 is 0.768 bits per heavy atom. The van der Waals surface area contributed by atoms with Gasteiger partial charge in [-0.1, -0.05) is 71.4 Å². The second-order valence-corrected chi connectivity index (χ2v) is 14.7. The molecule has 0 aliphatic heterocycles. The molecular weight excluding hydrogens is 726 g/mol. The number of nitrogens with one attached hydrogen (secondary N) is 5. The van der Waals surface area contributed by atoms with Crippen molar-refractivity contribution in [1.82, 2.24) is 31.5 Å². The van der Waals surface area contributed by atoms with Crippen molar-refractivity contribution in [3.8, 4) is 0 Å². The van der Waals surface area contributed by atoms with E-state index in [1.165, 1.54) is 11.9 Å². The maximum absolute atomic E-state index is 13.9. The minimum absolute atomic E-state index is 0.00426. The minimum Gasteiger partial charge on any atom is -0.481 e. The normalized spacial score (nSPS) is 14.3. The van der Waals surface area contributed by atoms with Crippen LogP contribution >= 0.6 is 0 Å². The minimum atomic E-state index is -1.42. The molecule has 0 saturated carbocycles. The average molecular weight is 790 g/mol. The van der Waals surface area contributed by atoms with E-state index in [1.807, 2.05) is 20.8 Å². The van der Waals surface area contributed by atoms with Crippen LogP contribution in [0.4, 0.5) is 0 Å². The van der Waals surface area contributed by atoms with Gasteiger partial charge in [0.15, 0.2) is 0 Å². The number of hydrogen-bond acceptors (Lipinski definition) is 10. The molecular formula is C38H63N9O9. The van der Waals surface area contributed by atoms with Crippen molar-refractivity contribution in [1.29, 1.82) is 0 Å². The number of aliphatic carboxylic acids is 1. The van der Waals surface area contributed by atoms with Gasteiger partial charge in [-0.2, -0.15) is 0 Å². The fourth-order valence-corrected chi connectivity index (χ4v) is 5.74. The summed E-state index contributed by atoms with van der Waals surface area (Å²) in [5.74, 6) is -6.64. The Morgan fingerprint density at radius 2 is 1.36 bits per heavy atom. The Labute approximate surface area is 329 Å². The van der Waals surface area contributed by atoms with Gasteiger partial charge in [-0.25, -0.2) is 0 Å². The number of likely N-dealkylation sites (N-methyl/N-ethyl adjacent to an activating group) is 1. The molecule has 0 aliphatic rings. The lowest BCUT2D eigenvalue weighted by Gasteiger charge is -2.30. The summed E-state index contributed by atoms with van der Waals surface area (Å²) in [7, 11) is 1.42. The lowest BCUT2D eigenvalue weighted by molar-refractivity contribution is -0.141. The molecule has 0 aliphatic carbocycles. The quantitative estimate of drug-likeness (QED) is 0.0515. The molecule has 1 rings (SSSR count). The van der Waals surface area contributed by atoms with E-state index in [-0.39, 0.29) is 25.2 Å². The topological polar surface area (TPSA) is 298 Å². The van der Waals surface area contributed by atoms with Gasteiger partial charge in [0, 0.05) is 13.5 Å². The smallest absolute Gasteiger partial charge is 0.305 e. The Balaban J connectivity index is 3.22. The van der Waals surface area contributed by atoms with E-state index in [0.717, 1.165) is 0 Å².